The third-order valence-corrected chi connectivity index (χ3v) is 9.29. The summed E-state index contributed by atoms with van der Waals surface area (Å²) in [6.07, 6.45) is 7.20. The molecule has 3 aromatic carbocycles. The summed E-state index contributed by atoms with van der Waals surface area (Å²) in [6.45, 7) is 2.54. The third kappa shape index (κ3) is 6.07. The number of hydrogen-bond acceptors (Lipinski definition) is 5. The predicted octanol–water partition coefficient (Wildman–Crippen LogP) is 7.97. The van der Waals surface area contributed by atoms with E-state index < -0.39 is 5.92 Å². The molecule has 1 atom stereocenters. The number of fused-ring (bicyclic) bond motifs is 3. The molecule has 2 aromatic heterocycles. The minimum atomic E-state index is -0.511. The van der Waals surface area contributed by atoms with Crippen molar-refractivity contribution in [1.29, 1.82) is 0 Å². The van der Waals surface area contributed by atoms with Crippen LogP contribution in [0.15, 0.2) is 66.7 Å². The Morgan fingerprint density at radius 3 is 2.56 bits per heavy atom. The molecular formula is C37H39ClN4O3. The van der Waals surface area contributed by atoms with Crippen molar-refractivity contribution in [1.82, 2.24) is 9.55 Å². The Kier molecular flexibility index (Phi) is 9.19. The lowest BCUT2D eigenvalue weighted by Gasteiger charge is -2.24. The predicted molar refractivity (Wildman–Crippen MR) is 182 cm³/mol. The highest BCUT2D eigenvalue weighted by molar-refractivity contribution is 6.30. The molecule has 1 unspecified atom stereocenters. The monoisotopic (exact) mass is 622 g/mol. The summed E-state index contributed by atoms with van der Waals surface area (Å²) in [6, 6.07) is 20.6. The standard InChI is InChI=1S/C37H39ClN4O3/c1-23-34(30-22-26(45-2)19-20-33(30)42(23)37(44)24-15-17-25(38)18-16-24)29(12-4-3-9-21-39)36(43)41-35-27-10-5-7-13-31(27)40-32-14-8-6-11-28(32)35/h5,7,10,13,15-20,22,29H,3-4,6,8-9,11-12,14,21,39H2,1-2H3,(H,40,41,43). The van der Waals surface area contributed by atoms with Crippen LogP contribution in [0, 0.1) is 6.92 Å². The molecule has 1 aliphatic carbocycles. The molecule has 1 amide bonds. The number of para-hydroxylation sites is 1. The molecule has 0 radical (unpaired) electrons. The fourth-order valence-corrected chi connectivity index (χ4v) is 6.90. The molecule has 8 heteroatoms. The van der Waals surface area contributed by atoms with Crippen LogP contribution in [-0.4, -0.2) is 35.0 Å². The van der Waals surface area contributed by atoms with E-state index in [0.717, 1.165) is 95.0 Å². The van der Waals surface area contributed by atoms with Crippen molar-refractivity contribution in [2.24, 2.45) is 5.73 Å². The second-order valence-electron chi connectivity index (χ2n) is 11.8. The minimum absolute atomic E-state index is 0.0872. The first-order valence-electron chi connectivity index (χ1n) is 15.8. The average molecular weight is 623 g/mol. The van der Waals surface area contributed by atoms with E-state index in [1.165, 1.54) is 0 Å². The zero-order valence-corrected chi connectivity index (χ0v) is 26.6. The van der Waals surface area contributed by atoms with E-state index in [0.29, 0.717) is 29.3 Å². The largest absolute Gasteiger partial charge is 0.497 e. The van der Waals surface area contributed by atoms with Gasteiger partial charge in [-0.2, -0.15) is 0 Å². The Bertz CT molecular complexity index is 1880. The first-order chi connectivity index (χ1) is 21.9. The first-order valence-corrected chi connectivity index (χ1v) is 16.2. The van der Waals surface area contributed by atoms with Crippen molar-refractivity contribution in [3.8, 4) is 5.75 Å². The smallest absolute Gasteiger partial charge is 0.262 e. The number of aryl methyl sites for hydroxylation is 1. The van der Waals surface area contributed by atoms with Crippen molar-refractivity contribution in [2.45, 2.75) is 64.2 Å². The van der Waals surface area contributed by atoms with Gasteiger partial charge < -0.3 is 15.8 Å². The summed E-state index contributed by atoms with van der Waals surface area (Å²) >= 11 is 6.13. The quantitative estimate of drug-likeness (QED) is 0.154. The Hall–Kier alpha value is -4.20. The maximum atomic E-state index is 14.6. The first kappa shape index (κ1) is 30.8. The van der Waals surface area contributed by atoms with Gasteiger partial charge in [0.05, 0.1) is 29.7 Å². The molecule has 0 saturated carbocycles. The van der Waals surface area contributed by atoms with E-state index in [-0.39, 0.29) is 11.8 Å². The number of pyridine rings is 1. The zero-order chi connectivity index (χ0) is 31.5. The molecule has 7 nitrogen and oxygen atoms in total. The summed E-state index contributed by atoms with van der Waals surface area (Å²) in [7, 11) is 1.62. The van der Waals surface area contributed by atoms with Crippen LogP contribution in [0.1, 0.15) is 77.3 Å². The van der Waals surface area contributed by atoms with Crippen LogP contribution in [0.2, 0.25) is 5.02 Å². The fourth-order valence-electron chi connectivity index (χ4n) is 6.77. The number of rotatable bonds is 10. The number of unbranched alkanes of at least 4 members (excludes halogenated alkanes) is 2. The lowest BCUT2D eigenvalue weighted by Crippen LogP contribution is -2.24. The van der Waals surface area contributed by atoms with E-state index in [2.05, 4.69) is 5.32 Å². The molecular weight excluding hydrogens is 584 g/mol. The summed E-state index contributed by atoms with van der Waals surface area (Å²) in [4.78, 5) is 33.6. The van der Waals surface area contributed by atoms with Gasteiger partial charge in [-0.05, 0) is 112 Å². The third-order valence-electron chi connectivity index (χ3n) is 9.03. The van der Waals surface area contributed by atoms with Crippen LogP contribution in [0.25, 0.3) is 21.8 Å². The van der Waals surface area contributed by atoms with Crippen LogP contribution < -0.4 is 15.8 Å². The van der Waals surface area contributed by atoms with Crippen LogP contribution in [0.5, 0.6) is 5.75 Å². The van der Waals surface area contributed by atoms with Gasteiger partial charge in [0.15, 0.2) is 0 Å². The van der Waals surface area contributed by atoms with Gasteiger partial charge in [0.2, 0.25) is 5.91 Å². The van der Waals surface area contributed by atoms with Crippen molar-refractivity contribution in [3.63, 3.8) is 0 Å². The van der Waals surface area contributed by atoms with Crippen LogP contribution in [0.3, 0.4) is 0 Å². The second kappa shape index (κ2) is 13.4. The van der Waals surface area contributed by atoms with Crippen LogP contribution in [-0.2, 0) is 17.6 Å². The Morgan fingerprint density at radius 1 is 1.00 bits per heavy atom. The number of nitrogens with zero attached hydrogens (tertiary/aromatic N) is 2. The van der Waals surface area contributed by atoms with E-state index in [4.69, 9.17) is 27.1 Å². The van der Waals surface area contributed by atoms with E-state index in [1.54, 1.807) is 35.9 Å². The maximum absolute atomic E-state index is 14.6. The maximum Gasteiger partial charge on any atom is 0.262 e. The minimum Gasteiger partial charge on any atom is -0.497 e. The van der Waals surface area contributed by atoms with Gasteiger partial charge in [-0.15, -0.1) is 0 Å². The summed E-state index contributed by atoms with van der Waals surface area (Å²) < 4.78 is 7.33. The molecule has 3 N–H and O–H groups in total. The normalized spacial score (nSPS) is 13.5. The summed E-state index contributed by atoms with van der Waals surface area (Å²) in [5.74, 6) is -0.114. The number of nitrogens with two attached hydrogens (primary N) is 1. The number of halogens is 1. The molecule has 5 aromatic rings. The molecule has 0 aliphatic heterocycles. The van der Waals surface area contributed by atoms with Gasteiger partial charge in [0.25, 0.3) is 5.91 Å². The number of benzene rings is 3. The highest BCUT2D eigenvalue weighted by Gasteiger charge is 2.31. The number of ether oxygens (including phenoxy) is 1. The molecule has 0 bridgehead atoms. The molecule has 1 aliphatic rings. The molecule has 2 heterocycles. The Morgan fingerprint density at radius 2 is 1.78 bits per heavy atom. The number of carbonyl (C=O) groups is 2. The Balaban J connectivity index is 1.49. The van der Waals surface area contributed by atoms with Gasteiger partial charge in [-0.3, -0.25) is 19.1 Å². The number of methoxy groups -OCH3 is 1. The summed E-state index contributed by atoms with van der Waals surface area (Å²) in [5, 5.41) is 5.75. The van der Waals surface area contributed by atoms with Gasteiger partial charge in [-0.25, -0.2) is 0 Å². The molecule has 0 spiro atoms. The zero-order valence-electron chi connectivity index (χ0n) is 25.9. The van der Waals surface area contributed by atoms with E-state index >= 15 is 0 Å². The number of carbonyl (C=O) groups excluding carboxylic acids is 2. The van der Waals surface area contributed by atoms with Crippen molar-refractivity contribution < 1.29 is 14.3 Å². The molecule has 232 valence electrons. The SMILES string of the molecule is COc1ccc2c(c1)c(C(CCCCCN)C(=O)Nc1c3c(nc4ccccc14)CCCC3)c(C)n2C(=O)c1ccc(Cl)cc1. The van der Waals surface area contributed by atoms with Crippen LogP contribution in [0.4, 0.5) is 5.69 Å². The lowest BCUT2D eigenvalue weighted by molar-refractivity contribution is -0.117. The van der Waals surface area contributed by atoms with Gasteiger partial charge in [0.1, 0.15) is 5.75 Å². The summed E-state index contributed by atoms with van der Waals surface area (Å²) in [5.41, 5.74) is 12.6. The lowest BCUT2D eigenvalue weighted by atomic mass is 9.89. The van der Waals surface area contributed by atoms with E-state index in [9.17, 15) is 9.59 Å². The van der Waals surface area contributed by atoms with Gasteiger partial charge in [0, 0.05) is 32.7 Å². The fraction of sp³-hybridized carbons (Fsp3) is 0.324. The number of nitrogens with one attached hydrogen (secondary N) is 1. The number of hydrogen-bond donors (Lipinski definition) is 2. The van der Waals surface area contributed by atoms with Crippen molar-refractivity contribution in [2.75, 3.05) is 19.0 Å². The second-order valence-corrected chi connectivity index (χ2v) is 12.3. The number of anilines is 1. The topological polar surface area (TPSA) is 99.2 Å². The molecule has 45 heavy (non-hydrogen) atoms. The van der Waals surface area contributed by atoms with Gasteiger partial charge in [-0.1, -0.05) is 42.6 Å². The molecule has 0 fully saturated rings. The van der Waals surface area contributed by atoms with Crippen LogP contribution >= 0.6 is 11.6 Å². The van der Waals surface area contributed by atoms with Gasteiger partial charge >= 0.3 is 0 Å². The van der Waals surface area contributed by atoms with E-state index in [1.807, 2.05) is 49.4 Å². The number of aromatic nitrogens is 2. The Labute approximate surface area is 268 Å². The average Bonchev–Trinajstić information content (AvgIpc) is 3.35. The number of amides is 1. The molecule has 6 rings (SSSR count). The highest BCUT2D eigenvalue weighted by atomic mass is 35.5. The molecule has 0 saturated heterocycles. The highest BCUT2D eigenvalue weighted by Crippen LogP contribution is 2.39. The van der Waals surface area contributed by atoms with Crippen molar-refractivity contribution >= 4 is 50.9 Å². The van der Waals surface area contributed by atoms with Crippen molar-refractivity contribution in [3.05, 3.63) is 99.8 Å².